The van der Waals surface area contributed by atoms with E-state index in [4.69, 9.17) is 27.9 Å². The van der Waals surface area contributed by atoms with Crippen LogP contribution in [0.2, 0.25) is 10.0 Å². The number of nitrogens with one attached hydrogen (secondary N) is 1. The van der Waals surface area contributed by atoms with Gasteiger partial charge < -0.3 is 10.1 Å². The Hall–Kier alpha value is -1.22. The Kier molecular flexibility index (Phi) is 5.92. The van der Waals surface area contributed by atoms with Crippen LogP contribution in [0.5, 0.6) is 5.75 Å². The van der Waals surface area contributed by atoms with Gasteiger partial charge in [-0.1, -0.05) is 48.3 Å². The Labute approximate surface area is 136 Å². The van der Waals surface area contributed by atoms with E-state index < -0.39 is 0 Å². The van der Waals surface area contributed by atoms with Gasteiger partial charge in [-0.2, -0.15) is 0 Å². The molecule has 0 spiro atoms. The molecular weight excluding hydrogens is 305 g/mol. The Bertz CT molecular complexity index is 601. The number of benzene rings is 2. The summed E-state index contributed by atoms with van der Waals surface area (Å²) in [6, 6.07) is 13.8. The van der Waals surface area contributed by atoms with Gasteiger partial charge in [0, 0.05) is 0 Å². The van der Waals surface area contributed by atoms with Gasteiger partial charge in [-0.05, 0) is 48.9 Å². The maximum Gasteiger partial charge on any atom is 0.119 e. The molecule has 1 unspecified atom stereocenters. The van der Waals surface area contributed by atoms with E-state index in [9.17, 15) is 0 Å². The van der Waals surface area contributed by atoms with Gasteiger partial charge in [-0.25, -0.2) is 0 Å². The monoisotopic (exact) mass is 323 g/mol. The van der Waals surface area contributed by atoms with E-state index >= 15 is 0 Å². The van der Waals surface area contributed by atoms with Crippen LogP contribution in [0.4, 0.5) is 0 Å². The van der Waals surface area contributed by atoms with E-state index in [-0.39, 0.29) is 6.04 Å². The van der Waals surface area contributed by atoms with Crippen molar-refractivity contribution in [3.63, 3.8) is 0 Å². The summed E-state index contributed by atoms with van der Waals surface area (Å²) in [5, 5.41) is 4.44. The van der Waals surface area contributed by atoms with Gasteiger partial charge in [0.15, 0.2) is 0 Å². The summed E-state index contributed by atoms with van der Waals surface area (Å²) >= 11 is 12.1. The molecule has 0 bridgehead atoms. The average Bonchev–Trinajstić information content (AvgIpc) is 2.50. The normalized spacial score (nSPS) is 12.2. The fourth-order valence-corrected chi connectivity index (χ4v) is 2.53. The lowest BCUT2D eigenvalue weighted by atomic mass is 9.99. The molecule has 0 heterocycles. The lowest BCUT2D eigenvalue weighted by molar-refractivity contribution is 0.317. The first-order valence-corrected chi connectivity index (χ1v) is 7.76. The van der Waals surface area contributed by atoms with Crippen molar-refractivity contribution in [1.82, 2.24) is 5.32 Å². The highest BCUT2D eigenvalue weighted by atomic mass is 35.5. The molecule has 0 aliphatic heterocycles. The third-order valence-corrected chi connectivity index (χ3v) is 3.97. The van der Waals surface area contributed by atoms with Crippen LogP contribution in [0.25, 0.3) is 0 Å². The zero-order valence-corrected chi connectivity index (χ0v) is 13.7. The Balaban J connectivity index is 2.30. The summed E-state index contributed by atoms with van der Waals surface area (Å²) in [5.74, 6) is 0.884. The van der Waals surface area contributed by atoms with Crippen molar-refractivity contribution in [3.8, 4) is 5.75 Å². The molecule has 0 aliphatic carbocycles. The van der Waals surface area contributed by atoms with E-state index in [1.807, 2.05) is 37.4 Å². The summed E-state index contributed by atoms with van der Waals surface area (Å²) in [4.78, 5) is 0. The molecule has 1 atom stereocenters. The summed E-state index contributed by atoms with van der Waals surface area (Å²) in [7, 11) is 1.92. The summed E-state index contributed by atoms with van der Waals surface area (Å²) < 4.78 is 5.69. The van der Waals surface area contributed by atoms with Crippen LogP contribution in [0.1, 0.15) is 30.5 Å². The first kappa shape index (κ1) is 16.2. The number of ether oxygens (including phenoxy) is 1. The largest absolute Gasteiger partial charge is 0.494 e. The highest BCUT2D eigenvalue weighted by Crippen LogP contribution is 2.30. The van der Waals surface area contributed by atoms with Crippen molar-refractivity contribution in [2.45, 2.75) is 19.4 Å². The van der Waals surface area contributed by atoms with Crippen molar-refractivity contribution in [2.75, 3.05) is 13.7 Å². The molecule has 0 saturated heterocycles. The molecule has 112 valence electrons. The second kappa shape index (κ2) is 7.69. The summed E-state index contributed by atoms with van der Waals surface area (Å²) in [6.45, 7) is 2.82. The third-order valence-electron chi connectivity index (χ3n) is 3.23. The van der Waals surface area contributed by atoms with Crippen molar-refractivity contribution >= 4 is 23.2 Å². The Morgan fingerprint density at radius 2 is 1.81 bits per heavy atom. The maximum absolute atomic E-state index is 6.12. The number of halogens is 2. The molecule has 1 N–H and O–H groups in total. The summed E-state index contributed by atoms with van der Waals surface area (Å²) in [6.07, 6.45) is 0.993. The van der Waals surface area contributed by atoms with Crippen LogP contribution in [0, 0.1) is 0 Å². The van der Waals surface area contributed by atoms with Crippen molar-refractivity contribution in [2.24, 2.45) is 0 Å². The third kappa shape index (κ3) is 4.13. The molecule has 2 nitrogen and oxygen atoms in total. The lowest BCUT2D eigenvalue weighted by Crippen LogP contribution is -2.17. The van der Waals surface area contributed by atoms with Crippen LogP contribution in [-0.2, 0) is 0 Å². The van der Waals surface area contributed by atoms with E-state index in [0.717, 1.165) is 29.9 Å². The van der Waals surface area contributed by atoms with Crippen molar-refractivity contribution in [1.29, 1.82) is 0 Å². The van der Waals surface area contributed by atoms with E-state index in [1.54, 1.807) is 0 Å². The molecule has 0 aliphatic rings. The molecular formula is C17H19Cl2NO. The van der Waals surface area contributed by atoms with Gasteiger partial charge in [-0.3, -0.25) is 0 Å². The highest BCUT2D eigenvalue weighted by molar-refractivity contribution is 6.42. The molecule has 2 aromatic carbocycles. The maximum atomic E-state index is 6.12. The smallest absolute Gasteiger partial charge is 0.119 e. The molecule has 2 aromatic rings. The molecule has 2 rings (SSSR count). The first-order valence-electron chi connectivity index (χ1n) is 7.00. The number of rotatable bonds is 6. The minimum absolute atomic E-state index is 0.0462. The molecule has 0 amide bonds. The Morgan fingerprint density at radius 3 is 2.48 bits per heavy atom. The highest BCUT2D eigenvalue weighted by Gasteiger charge is 2.14. The molecule has 0 aromatic heterocycles. The van der Waals surface area contributed by atoms with Crippen LogP contribution < -0.4 is 10.1 Å². The van der Waals surface area contributed by atoms with Gasteiger partial charge in [-0.15, -0.1) is 0 Å². The van der Waals surface area contributed by atoms with Crippen LogP contribution >= 0.6 is 23.2 Å². The van der Waals surface area contributed by atoms with Crippen LogP contribution in [0.15, 0.2) is 42.5 Å². The van der Waals surface area contributed by atoms with Crippen molar-refractivity contribution in [3.05, 3.63) is 63.6 Å². The quantitative estimate of drug-likeness (QED) is 0.799. The zero-order valence-electron chi connectivity index (χ0n) is 12.2. The van der Waals surface area contributed by atoms with Gasteiger partial charge in [0.25, 0.3) is 0 Å². The minimum atomic E-state index is 0.0462. The zero-order chi connectivity index (χ0) is 15.2. The lowest BCUT2D eigenvalue weighted by Gasteiger charge is -2.18. The topological polar surface area (TPSA) is 21.3 Å². The molecule has 0 saturated carbocycles. The second-order valence-corrected chi connectivity index (χ2v) is 5.63. The average molecular weight is 324 g/mol. The molecule has 0 radical (unpaired) electrons. The predicted molar refractivity (Wildman–Crippen MR) is 89.6 cm³/mol. The fraction of sp³-hybridized carbons (Fsp3) is 0.294. The number of hydrogen-bond donors (Lipinski definition) is 1. The second-order valence-electron chi connectivity index (χ2n) is 4.82. The molecule has 21 heavy (non-hydrogen) atoms. The predicted octanol–water partition coefficient (Wildman–Crippen LogP) is 5.09. The van der Waals surface area contributed by atoms with Gasteiger partial charge >= 0.3 is 0 Å². The number of hydrogen-bond acceptors (Lipinski definition) is 2. The standard InChI is InChI=1S/C17H19Cl2NO/c1-3-9-21-14-6-4-5-12(10-14)17(20-2)13-7-8-15(18)16(19)11-13/h4-8,10-11,17,20H,3,9H2,1-2H3. The molecule has 4 heteroatoms. The van der Waals surface area contributed by atoms with E-state index in [1.165, 1.54) is 0 Å². The first-order chi connectivity index (χ1) is 10.2. The SMILES string of the molecule is CCCOc1cccc(C(NC)c2ccc(Cl)c(Cl)c2)c1. The van der Waals surface area contributed by atoms with Crippen LogP contribution in [-0.4, -0.2) is 13.7 Å². The summed E-state index contributed by atoms with van der Waals surface area (Å²) in [5.41, 5.74) is 2.20. The fourth-order valence-electron chi connectivity index (χ4n) is 2.22. The molecule has 0 fully saturated rings. The van der Waals surface area contributed by atoms with E-state index in [0.29, 0.717) is 10.0 Å². The van der Waals surface area contributed by atoms with Gasteiger partial charge in [0.2, 0.25) is 0 Å². The van der Waals surface area contributed by atoms with E-state index in [2.05, 4.69) is 24.4 Å². The Morgan fingerprint density at radius 1 is 1.05 bits per heavy atom. The van der Waals surface area contributed by atoms with Crippen molar-refractivity contribution < 1.29 is 4.74 Å². The minimum Gasteiger partial charge on any atom is -0.494 e. The van der Waals surface area contributed by atoms with Gasteiger partial charge in [0.1, 0.15) is 5.75 Å². The van der Waals surface area contributed by atoms with Crippen LogP contribution in [0.3, 0.4) is 0 Å². The van der Waals surface area contributed by atoms with Gasteiger partial charge in [0.05, 0.1) is 22.7 Å².